The summed E-state index contributed by atoms with van der Waals surface area (Å²) in [5, 5.41) is 6.18. The van der Waals surface area contributed by atoms with E-state index in [4.69, 9.17) is 0 Å². The first-order chi connectivity index (χ1) is 6.75. The summed E-state index contributed by atoms with van der Waals surface area (Å²) in [6.45, 7) is 1.08. The van der Waals surface area contributed by atoms with Gasteiger partial charge in [-0.1, -0.05) is 0 Å². The minimum atomic E-state index is -0.00837. The van der Waals surface area contributed by atoms with Crippen LogP contribution in [0.5, 0.6) is 0 Å². The van der Waals surface area contributed by atoms with E-state index in [1.807, 2.05) is 23.5 Å². The van der Waals surface area contributed by atoms with Crippen LogP contribution in [0.4, 0.5) is 0 Å². The molecule has 1 aromatic rings. The maximum absolute atomic E-state index is 11.1. The Balaban J connectivity index is 2.02. The van der Waals surface area contributed by atoms with E-state index in [1.165, 1.54) is 5.75 Å². The molecule has 2 heterocycles. The predicted octanol–water partition coefficient (Wildman–Crippen LogP) is -0.0391. The van der Waals surface area contributed by atoms with E-state index in [0.29, 0.717) is 6.04 Å². The molecule has 0 spiro atoms. The number of rotatable bonds is 2. The van der Waals surface area contributed by atoms with Crippen LogP contribution in [0.3, 0.4) is 0 Å². The third-order valence-electron chi connectivity index (χ3n) is 2.46. The lowest BCUT2D eigenvalue weighted by Crippen LogP contribution is -2.39. The van der Waals surface area contributed by atoms with Crippen LogP contribution in [0.1, 0.15) is 5.69 Å². The van der Waals surface area contributed by atoms with E-state index < -0.39 is 0 Å². The number of H-pyrrole nitrogens is 1. The molecule has 1 aromatic heterocycles. The molecule has 0 aromatic carbocycles. The highest BCUT2D eigenvalue weighted by molar-refractivity contribution is 7.99. The summed E-state index contributed by atoms with van der Waals surface area (Å²) >= 11 is 1.97. The largest absolute Gasteiger partial charge is 0.312 e. The van der Waals surface area contributed by atoms with Crippen molar-refractivity contribution >= 4 is 11.8 Å². The first kappa shape index (κ1) is 9.86. The monoisotopic (exact) mass is 213 g/mol. The number of aromatic nitrogens is 2. The van der Waals surface area contributed by atoms with Gasteiger partial charge < -0.3 is 5.32 Å². The van der Waals surface area contributed by atoms with Crippen molar-refractivity contribution in [3.63, 3.8) is 0 Å². The summed E-state index contributed by atoms with van der Waals surface area (Å²) in [7, 11) is 1.88. The Morgan fingerprint density at radius 3 is 3.14 bits per heavy atom. The highest BCUT2D eigenvalue weighted by Crippen LogP contribution is 2.11. The Morgan fingerprint density at radius 2 is 2.57 bits per heavy atom. The van der Waals surface area contributed by atoms with Crippen LogP contribution in [0.2, 0.25) is 0 Å². The molecule has 0 bridgehead atoms. The Hall–Kier alpha value is -0.680. The highest BCUT2D eigenvalue weighted by Gasteiger charge is 2.15. The molecule has 0 radical (unpaired) electrons. The average Bonchev–Trinajstić information content (AvgIpc) is 2.47. The normalized spacial score (nSPS) is 22.5. The van der Waals surface area contributed by atoms with Gasteiger partial charge in [-0.15, -0.1) is 0 Å². The van der Waals surface area contributed by atoms with Gasteiger partial charge in [0.1, 0.15) is 0 Å². The molecule has 0 aliphatic carbocycles. The fourth-order valence-corrected chi connectivity index (χ4v) is 2.67. The molecule has 2 N–H and O–H groups in total. The summed E-state index contributed by atoms with van der Waals surface area (Å²) in [6.07, 6.45) is 0.933. The topological polar surface area (TPSA) is 49.8 Å². The van der Waals surface area contributed by atoms with Gasteiger partial charge in [0.15, 0.2) is 0 Å². The molecule has 2 rings (SSSR count). The SMILES string of the molecule is Cn1[nH]c(=O)cc1CC1CSCCN1. The highest BCUT2D eigenvalue weighted by atomic mass is 32.2. The third-order valence-corrected chi connectivity index (χ3v) is 3.59. The van der Waals surface area contributed by atoms with Crippen LogP contribution in [-0.2, 0) is 13.5 Å². The van der Waals surface area contributed by atoms with Crippen molar-refractivity contribution in [3.05, 3.63) is 22.1 Å². The summed E-state index contributed by atoms with van der Waals surface area (Å²) < 4.78 is 1.81. The summed E-state index contributed by atoms with van der Waals surface area (Å²) in [5.74, 6) is 2.34. The van der Waals surface area contributed by atoms with Crippen molar-refractivity contribution in [1.29, 1.82) is 0 Å². The van der Waals surface area contributed by atoms with Gasteiger partial charge in [-0.05, 0) is 0 Å². The van der Waals surface area contributed by atoms with Gasteiger partial charge in [-0.2, -0.15) is 11.8 Å². The minimum absolute atomic E-state index is 0.00837. The van der Waals surface area contributed by atoms with Gasteiger partial charge >= 0.3 is 0 Å². The average molecular weight is 213 g/mol. The maximum Gasteiger partial charge on any atom is 0.264 e. The van der Waals surface area contributed by atoms with E-state index in [2.05, 4.69) is 10.4 Å². The van der Waals surface area contributed by atoms with E-state index in [9.17, 15) is 4.79 Å². The van der Waals surface area contributed by atoms with Crippen LogP contribution in [-0.4, -0.2) is 33.9 Å². The van der Waals surface area contributed by atoms with Gasteiger partial charge in [0.25, 0.3) is 5.56 Å². The second-order valence-corrected chi connectivity index (χ2v) is 4.75. The first-order valence-corrected chi connectivity index (χ1v) is 5.97. The lowest BCUT2D eigenvalue weighted by atomic mass is 10.2. The number of hydrogen-bond acceptors (Lipinski definition) is 3. The van der Waals surface area contributed by atoms with Crippen molar-refractivity contribution in [2.45, 2.75) is 12.5 Å². The summed E-state index contributed by atoms with van der Waals surface area (Å²) in [4.78, 5) is 11.1. The minimum Gasteiger partial charge on any atom is -0.312 e. The molecular weight excluding hydrogens is 198 g/mol. The number of aryl methyl sites for hydroxylation is 1. The Labute approximate surface area is 87.1 Å². The lowest BCUT2D eigenvalue weighted by molar-refractivity contribution is 0.541. The van der Waals surface area contributed by atoms with Gasteiger partial charge in [0.05, 0.1) is 0 Å². The van der Waals surface area contributed by atoms with Gasteiger partial charge in [0.2, 0.25) is 0 Å². The zero-order valence-electron chi connectivity index (χ0n) is 8.25. The molecule has 0 amide bonds. The smallest absolute Gasteiger partial charge is 0.264 e. The van der Waals surface area contributed by atoms with Gasteiger partial charge in [0, 0.05) is 49.3 Å². The fourth-order valence-electron chi connectivity index (χ4n) is 1.72. The third kappa shape index (κ3) is 2.22. The molecule has 5 heteroatoms. The van der Waals surface area contributed by atoms with E-state index in [0.717, 1.165) is 24.4 Å². The molecule has 1 fully saturated rings. The molecule has 1 saturated heterocycles. The van der Waals surface area contributed by atoms with Crippen LogP contribution < -0.4 is 10.9 Å². The molecule has 1 atom stereocenters. The van der Waals surface area contributed by atoms with E-state index >= 15 is 0 Å². The first-order valence-electron chi connectivity index (χ1n) is 4.82. The zero-order valence-corrected chi connectivity index (χ0v) is 9.06. The Morgan fingerprint density at radius 1 is 1.71 bits per heavy atom. The van der Waals surface area contributed by atoms with E-state index in [-0.39, 0.29) is 5.56 Å². The van der Waals surface area contributed by atoms with Crippen molar-refractivity contribution < 1.29 is 0 Å². The molecule has 0 saturated carbocycles. The summed E-state index contributed by atoms with van der Waals surface area (Å²) in [6, 6.07) is 2.19. The molecule has 78 valence electrons. The van der Waals surface area contributed by atoms with E-state index in [1.54, 1.807) is 6.07 Å². The van der Waals surface area contributed by atoms with Crippen molar-refractivity contribution in [1.82, 2.24) is 15.1 Å². The molecule has 1 unspecified atom stereocenters. The van der Waals surface area contributed by atoms with Crippen molar-refractivity contribution in [3.8, 4) is 0 Å². The number of nitrogens with zero attached hydrogens (tertiary/aromatic N) is 1. The van der Waals surface area contributed by atoms with Crippen LogP contribution in [0, 0.1) is 0 Å². The Bertz CT molecular complexity index is 351. The number of nitrogens with one attached hydrogen (secondary N) is 2. The number of thioether (sulfide) groups is 1. The molecular formula is C9H15N3OS. The quantitative estimate of drug-likeness (QED) is 0.725. The lowest BCUT2D eigenvalue weighted by Gasteiger charge is -2.22. The summed E-state index contributed by atoms with van der Waals surface area (Å²) in [5.41, 5.74) is 1.07. The Kier molecular flexibility index (Phi) is 2.98. The van der Waals surface area contributed by atoms with Crippen molar-refractivity contribution in [2.24, 2.45) is 7.05 Å². The molecule has 14 heavy (non-hydrogen) atoms. The van der Waals surface area contributed by atoms with Gasteiger partial charge in [-0.25, -0.2) is 0 Å². The molecule has 1 aliphatic rings. The van der Waals surface area contributed by atoms with Crippen LogP contribution in [0.15, 0.2) is 10.9 Å². The predicted molar refractivity (Wildman–Crippen MR) is 58.9 cm³/mol. The molecule has 1 aliphatic heterocycles. The molecule has 4 nitrogen and oxygen atoms in total. The number of aromatic amines is 1. The van der Waals surface area contributed by atoms with Crippen molar-refractivity contribution in [2.75, 3.05) is 18.1 Å². The zero-order chi connectivity index (χ0) is 9.97. The fraction of sp³-hybridized carbons (Fsp3) is 0.667. The maximum atomic E-state index is 11.1. The standard InChI is InChI=1S/C9H15N3OS/c1-12-8(5-9(13)11-12)4-7-6-14-3-2-10-7/h5,7,10H,2-4,6H2,1H3,(H,11,13). The van der Waals surface area contributed by atoms with Gasteiger partial charge in [-0.3, -0.25) is 14.6 Å². The number of hydrogen-bond donors (Lipinski definition) is 2. The second kappa shape index (κ2) is 4.23. The van der Waals surface area contributed by atoms with Crippen LogP contribution in [0.25, 0.3) is 0 Å². The second-order valence-electron chi connectivity index (χ2n) is 3.60. The van der Waals surface area contributed by atoms with Crippen LogP contribution >= 0.6 is 11.8 Å².